The minimum Gasteiger partial charge on any atom is -0.444 e. The highest BCUT2D eigenvalue weighted by atomic mass is 16.6. The smallest absolute Gasteiger partial charge is 0.405 e. The molecule has 18 heavy (non-hydrogen) atoms. The van der Waals surface area contributed by atoms with Gasteiger partial charge in [-0.2, -0.15) is 0 Å². The van der Waals surface area contributed by atoms with E-state index in [9.17, 15) is 9.59 Å². The molecule has 3 N–H and O–H groups in total. The van der Waals surface area contributed by atoms with Crippen LogP contribution in [0.5, 0.6) is 0 Å². The van der Waals surface area contributed by atoms with Gasteiger partial charge in [0, 0.05) is 12.1 Å². The molecule has 1 heterocycles. The van der Waals surface area contributed by atoms with Crippen molar-refractivity contribution < 1.29 is 14.3 Å². The summed E-state index contributed by atoms with van der Waals surface area (Å²) >= 11 is 0. The summed E-state index contributed by atoms with van der Waals surface area (Å²) in [6.45, 7) is 5.97. The molecule has 0 saturated carbocycles. The fraction of sp³-hybridized carbons (Fsp3) is 0.385. The number of ether oxygens (including phenoxy) is 1. The number of amides is 2. The van der Waals surface area contributed by atoms with Crippen molar-refractivity contribution in [3.63, 3.8) is 0 Å². The highest BCUT2D eigenvalue weighted by Crippen LogP contribution is 2.13. The predicted octanol–water partition coefficient (Wildman–Crippen LogP) is 1.81. The third-order valence-corrected chi connectivity index (χ3v) is 2.11. The molecule has 5 heteroatoms. The number of nitrogens with two attached hydrogens (primary N) is 1. The van der Waals surface area contributed by atoms with E-state index < -0.39 is 11.7 Å². The molecule has 0 atom stereocenters. The van der Waals surface area contributed by atoms with Gasteiger partial charge in [0.1, 0.15) is 5.60 Å². The zero-order valence-corrected chi connectivity index (χ0v) is 10.8. The number of rotatable bonds is 0. The van der Waals surface area contributed by atoms with Crippen LogP contribution in [-0.4, -0.2) is 17.6 Å². The molecule has 1 aliphatic heterocycles. The fourth-order valence-corrected chi connectivity index (χ4v) is 1.47. The van der Waals surface area contributed by atoms with Gasteiger partial charge in [0.2, 0.25) is 0 Å². The van der Waals surface area contributed by atoms with Crippen LogP contribution in [0.3, 0.4) is 0 Å². The van der Waals surface area contributed by atoms with Gasteiger partial charge < -0.3 is 15.8 Å². The summed E-state index contributed by atoms with van der Waals surface area (Å²) < 4.78 is 4.58. The second kappa shape index (κ2) is 5.53. The van der Waals surface area contributed by atoms with Crippen LogP contribution in [0.2, 0.25) is 0 Å². The number of hydrogen-bond acceptors (Lipinski definition) is 3. The summed E-state index contributed by atoms with van der Waals surface area (Å²) in [4.78, 5) is 21.0. The van der Waals surface area contributed by atoms with E-state index in [4.69, 9.17) is 5.73 Å². The summed E-state index contributed by atoms with van der Waals surface area (Å²) in [5.41, 5.74) is 6.19. The van der Waals surface area contributed by atoms with E-state index in [1.54, 1.807) is 20.8 Å². The number of benzene rings is 1. The first-order valence-electron chi connectivity index (χ1n) is 5.64. The lowest BCUT2D eigenvalue weighted by atomic mass is 10.1. The standard InChI is InChI=1S/C8H7NO.C5H11NO2/c10-8-7-4-2-1-3-6(7)5-9-8;1-5(2,3)8-4(6)7/h1-4H,5H2,(H,9,10);1-3H3,(H2,6,7). The van der Waals surface area contributed by atoms with Gasteiger partial charge in [-0.15, -0.1) is 0 Å². The summed E-state index contributed by atoms with van der Waals surface area (Å²) in [6.07, 6.45) is -0.725. The van der Waals surface area contributed by atoms with Crippen LogP contribution in [0.15, 0.2) is 24.3 Å². The number of nitrogens with one attached hydrogen (secondary N) is 1. The van der Waals surface area contributed by atoms with Gasteiger partial charge in [-0.25, -0.2) is 4.79 Å². The number of carbonyl (C=O) groups is 2. The average molecular weight is 250 g/mol. The average Bonchev–Trinajstić information content (AvgIpc) is 2.58. The van der Waals surface area contributed by atoms with Crippen LogP contribution in [0, 0.1) is 0 Å². The number of carbonyl (C=O) groups excluding carboxylic acids is 2. The highest BCUT2D eigenvalue weighted by Gasteiger charge is 2.16. The van der Waals surface area contributed by atoms with Crippen LogP contribution in [0.25, 0.3) is 0 Å². The van der Waals surface area contributed by atoms with E-state index in [0.29, 0.717) is 6.54 Å². The van der Waals surface area contributed by atoms with Crippen molar-refractivity contribution >= 4 is 12.0 Å². The van der Waals surface area contributed by atoms with E-state index in [0.717, 1.165) is 11.1 Å². The lowest BCUT2D eigenvalue weighted by molar-refractivity contribution is 0.0600. The van der Waals surface area contributed by atoms with Gasteiger partial charge in [-0.1, -0.05) is 18.2 Å². The van der Waals surface area contributed by atoms with Crippen molar-refractivity contribution in [2.24, 2.45) is 5.73 Å². The van der Waals surface area contributed by atoms with Gasteiger partial charge in [-0.3, -0.25) is 4.79 Å². The molecule has 0 fully saturated rings. The molecule has 1 aliphatic rings. The predicted molar refractivity (Wildman–Crippen MR) is 68.0 cm³/mol. The fourth-order valence-electron chi connectivity index (χ4n) is 1.47. The van der Waals surface area contributed by atoms with E-state index in [1.165, 1.54) is 0 Å². The minimum absolute atomic E-state index is 0.0515. The van der Waals surface area contributed by atoms with Crippen LogP contribution >= 0.6 is 0 Å². The first-order valence-corrected chi connectivity index (χ1v) is 5.64. The molecular weight excluding hydrogens is 232 g/mol. The normalized spacial score (nSPS) is 12.9. The quantitative estimate of drug-likeness (QED) is 0.736. The Bertz CT molecular complexity index is 450. The second-order valence-corrected chi connectivity index (χ2v) is 4.87. The van der Waals surface area contributed by atoms with Crippen molar-refractivity contribution in [1.82, 2.24) is 5.32 Å². The maximum Gasteiger partial charge on any atom is 0.405 e. The van der Waals surface area contributed by atoms with E-state index >= 15 is 0 Å². The molecule has 0 aromatic heterocycles. The number of primary amides is 1. The Kier molecular flexibility index (Phi) is 4.31. The lowest BCUT2D eigenvalue weighted by Crippen LogP contribution is -2.27. The minimum atomic E-state index is -0.725. The van der Waals surface area contributed by atoms with Crippen molar-refractivity contribution in [3.05, 3.63) is 35.4 Å². The largest absolute Gasteiger partial charge is 0.444 e. The Labute approximate surface area is 106 Å². The maximum absolute atomic E-state index is 11.0. The zero-order valence-electron chi connectivity index (χ0n) is 10.8. The van der Waals surface area contributed by atoms with Gasteiger partial charge in [0.05, 0.1) is 0 Å². The number of hydrogen-bond donors (Lipinski definition) is 2. The molecule has 5 nitrogen and oxygen atoms in total. The monoisotopic (exact) mass is 250 g/mol. The molecule has 0 radical (unpaired) electrons. The van der Waals surface area contributed by atoms with Gasteiger partial charge >= 0.3 is 6.09 Å². The summed E-state index contributed by atoms with van der Waals surface area (Å²) in [5.74, 6) is 0.0515. The summed E-state index contributed by atoms with van der Waals surface area (Å²) in [6, 6.07) is 7.63. The van der Waals surface area contributed by atoms with E-state index in [-0.39, 0.29) is 5.91 Å². The van der Waals surface area contributed by atoms with E-state index in [2.05, 4.69) is 10.1 Å². The van der Waals surface area contributed by atoms with Crippen LogP contribution < -0.4 is 11.1 Å². The lowest BCUT2D eigenvalue weighted by Gasteiger charge is -2.16. The first-order chi connectivity index (χ1) is 8.29. The number of fused-ring (bicyclic) bond motifs is 1. The SMILES string of the molecule is CC(C)(C)OC(N)=O.O=C1NCc2ccccc21. The van der Waals surface area contributed by atoms with Gasteiger partial charge in [-0.05, 0) is 32.4 Å². The Hall–Kier alpha value is -2.04. The molecule has 98 valence electrons. The third-order valence-electron chi connectivity index (χ3n) is 2.11. The van der Waals surface area contributed by atoms with Crippen molar-refractivity contribution in [3.8, 4) is 0 Å². The Balaban J connectivity index is 0.000000187. The summed E-state index contributed by atoms with van der Waals surface area (Å²) in [7, 11) is 0. The van der Waals surface area contributed by atoms with Crippen molar-refractivity contribution in [1.29, 1.82) is 0 Å². The Morgan fingerprint density at radius 1 is 1.33 bits per heavy atom. The molecule has 0 unspecified atom stereocenters. The molecule has 0 aliphatic carbocycles. The Morgan fingerprint density at radius 3 is 2.39 bits per heavy atom. The van der Waals surface area contributed by atoms with E-state index in [1.807, 2.05) is 24.3 Å². The summed E-state index contributed by atoms with van der Waals surface area (Å²) in [5, 5.41) is 2.75. The molecule has 1 aromatic carbocycles. The third kappa shape index (κ3) is 4.45. The molecule has 2 rings (SSSR count). The van der Waals surface area contributed by atoms with Crippen LogP contribution in [-0.2, 0) is 11.3 Å². The van der Waals surface area contributed by atoms with Crippen LogP contribution in [0.1, 0.15) is 36.7 Å². The van der Waals surface area contributed by atoms with Crippen LogP contribution in [0.4, 0.5) is 4.79 Å². The molecule has 1 aromatic rings. The first kappa shape index (κ1) is 14.0. The zero-order chi connectivity index (χ0) is 13.8. The maximum atomic E-state index is 11.0. The van der Waals surface area contributed by atoms with Gasteiger partial charge in [0.25, 0.3) is 5.91 Å². The molecular formula is C13H18N2O3. The highest BCUT2D eigenvalue weighted by molar-refractivity contribution is 5.98. The van der Waals surface area contributed by atoms with Gasteiger partial charge in [0.15, 0.2) is 0 Å². The molecule has 0 bridgehead atoms. The molecule has 2 amide bonds. The second-order valence-electron chi connectivity index (χ2n) is 4.87. The van der Waals surface area contributed by atoms with Crippen molar-refractivity contribution in [2.45, 2.75) is 32.9 Å². The van der Waals surface area contributed by atoms with Crippen molar-refractivity contribution in [2.75, 3.05) is 0 Å². The molecule has 0 saturated heterocycles. The topological polar surface area (TPSA) is 81.4 Å². The molecule has 0 spiro atoms. The Morgan fingerprint density at radius 2 is 1.94 bits per heavy atom.